The van der Waals surface area contributed by atoms with Gasteiger partial charge in [0.25, 0.3) is 0 Å². The standard InChI is InChI=1S/C15H17F2N3S/c16-14(17)8-11-3-5-20(6-4-11)15-9-12(18-10-19-15)13-2-1-7-21-13/h1-2,7,9-11,14H,3-6,8H2. The molecule has 3 nitrogen and oxygen atoms in total. The lowest BCUT2D eigenvalue weighted by Gasteiger charge is -2.32. The van der Waals surface area contributed by atoms with E-state index in [0.29, 0.717) is 0 Å². The van der Waals surface area contributed by atoms with Crippen LogP contribution in [0, 0.1) is 5.92 Å². The van der Waals surface area contributed by atoms with Crippen LogP contribution in [0.5, 0.6) is 0 Å². The van der Waals surface area contributed by atoms with Crippen LogP contribution in [0.3, 0.4) is 0 Å². The summed E-state index contributed by atoms with van der Waals surface area (Å²) in [5, 5.41) is 2.02. The normalized spacial score (nSPS) is 16.6. The maximum Gasteiger partial charge on any atom is 0.238 e. The van der Waals surface area contributed by atoms with Gasteiger partial charge in [0.2, 0.25) is 6.43 Å². The monoisotopic (exact) mass is 309 g/mol. The summed E-state index contributed by atoms with van der Waals surface area (Å²) in [6.07, 6.45) is 1.03. The average Bonchev–Trinajstić information content (AvgIpc) is 3.02. The molecule has 0 radical (unpaired) electrons. The molecule has 0 unspecified atom stereocenters. The highest BCUT2D eigenvalue weighted by Gasteiger charge is 2.23. The molecular weight excluding hydrogens is 292 g/mol. The molecule has 1 saturated heterocycles. The summed E-state index contributed by atoms with van der Waals surface area (Å²) in [6, 6.07) is 6.02. The number of piperidine rings is 1. The maximum absolute atomic E-state index is 12.4. The molecule has 1 aliphatic heterocycles. The highest BCUT2D eigenvalue weighted by molar-refractivity contribution is 7.13. The predicted octanol–water partition coefficient (Wildman–Crippen LogP) is 4.08. The number of halogens is 2. The van der Waals surface area contributed by atoms with Crippen molar-refractivity contribution in [3.05, 3.63) is 29.9 Å². The second kappa shape index (κ2) is 6.47. The van der Waals surface area contributed by atoms with Crippen molar-refractivity contribution in [2.45, 2.75) is 25.7 Å². The number of thiophene rings is 1. The van der Waals surface area contributed by atoms with Gasteiger partial charge in [0, 0.05) is 25.6 Å². The first-order chi connectivity index (χ1) is 10.2. The second-order valence-corrected chi connectivity index (χ2v) is 6.24. The van der Waals surface area contributed by atoms with Crippen LogP contribution in [0.15, 0.2) is 29.9 Å². The van der Waals surface area contributed by atoms with Crippen molar-refractivity contribution in [2.75, 3.05) is 18.0 Å². The van der Waals surface area contributed by atoms with E-state index in [2.05, 4.69) is 14.9 Å². The third-order valence-electron chi connectivity index (χ3n) is 3.88. The zero-order valence-corrected chi connectivity index (χ0v) is 12.4. The van der Waals surface area contributed by atoms with E-state index < -0.39 is 6.43 Å². The molecule has 3 heterocycles. The minimum atomic E-state index is -2.19. The van der Waals surface area contributed by atoms with Gasteiger partial charge in [0.15, 0.2) is 0 Å². The van der Waals surface area contributed by atoms with Crippen molar-refractivity contribution in [1.29, 1.82) is 0 Å². The number of nitrogens with zero attached hydrogens (tertiary/aromatic N) is 3. The molecule has 0 saturated carbocycles. The van der Waals surface area contributed by atoms with E-state index in [9.17, 15) is 8.78 Å². The predicted molar refractivity (Wildman–Crippen MR) is 80.9 cm³/mol. The highest BCUT2D eigenvalue weighted by Crippen LogP contribution is 2.28. The lowest BCUT2D eigenvalue weighted by Crippen LogP contribution is -2.34. The molecule has 1 aliphatic rings. The first-order valence-electron chi connectivity index (χ1n) is 7.11. The van der Waals surface area contributed by atoms with Crippen LogP contribution in [-0.2, 0) is 0 Å². The Morgan fingerprint density at radius 3 is 2.76 bits per heavy atom. The molecule has 2 aromatic rings. The van der Waals surface area contributed by atoms with Crippen molar-refractivity contribution in [3.8, 4) is 10.6 Å². The first-order valence-corrected chi connectivity index (χ1v) is 7.99. The summed E-state index contributed by atoms with van der Waals surface area (Å²) in [5.74, 6) is 1.03. The quantitative estimate of drug-likeness (QED) is 0.852. The lowest BCUT2D eigenvalue weighted by atomic mass is 9.94. The summed E-state index contributed by atoms with van der Waals surface area (Å²) in [4.78, 5) is 11.9. The molecule has 0 aromatic carbocycles. The summed E-state index contributed by atoms with van der Waals surface area (Å²) in [6.45, 7) is 1.58. The van der Waals surface area contributed by atoms with E-state index in [1.165, 1.54) is 0 Å². The average molecular weight is 309 g/mol. The molecule has 0 atom stereocenters. The van der Waals surface area contributed by atoms with Crippen LogP contribution in [0.4, 0.5) is 14.6 Å². The van der Waals surface area contributed by atoms with E-state index in [0.717, 1.165) is 42.3 Å². The van der Waals surface area contributed by atoms with Gasteiger partial charge in [0.05, 0.1) is 10.6 Å². The van der Waals surface area contributed by atoms with E-state index in [-0.39, 0.29) is 12.3 Å². The Balaban J connectivity index is 1.67. The molecule has 0 aliphatic carbocycles. The molecule has 2 aromatic heterocycles. The summed E-state index contributed by atoms with van der Waals surface area (Å²) < 4.78 is 24.8. The fourth-order valence-corrected chi connectivity index (χ4v) is 3.42. The van der Waals surface area contributed by atoms with Crippen molar-refractivity contribution >= 4 is 17.2 Å². The topological polar surface area (TPSA) is 29.0 Å². The lowest BCUT2D eigenvalue weighted by molar-refractivity contribution is 0.108. The zero-order valence-electron chi connectivity index (χ0n) is 11.6. The highest BCUT2D eigenvalue weighted by atomic mass is 32.1. The second-order valence-electron chi connectivity index (χ2n) is 5.30. The number of hydrogen-bond acceptors (Lipinski definition) is 4. The van der Waals surface area contributed by atoms with Crippen molar-refractivity contribution in [1.82, 2.24) is 9.97 Å². The fraction of sp³-hybridized carbons (Fsp3) is 0.467. The van der Waals surface area contributed by atoms with Gasteiger partial charge in [0.1, 0.15) is 12.1 Å². The zero-order chi connectivity index (χ0) is 14.7. The molecule has 1 fully saturated rings. The van der Waals surface area contributed by atoms with Crippen LogP contribution in [0.25, 0.3) is 10.6 Å². The molecule has 112 valence electrons. The van der Waals surface area contributed by atoms with Gasteiger partial charge in [-0.1, -0.05) is 6.07 Å². The number of aromatic nitrogens is 2. The number of anilines is 1. The SMILES string of the molecule is FC(F)CC1CCN(c2cc(-c3cccs3)ncn2)CC1. The number of rotatable bonds is 4. The molecule has 3 rings (SSSR count). The number of hydrogen-bond donors (Lipinski definition) is 0. The van der Waals surface area contributed by atoms with E-state index in [4.69, 9.17) is 0 Å². The minimum Gasteiger partial charge on any atom is -0.356 e. The Kier molecular flexibility index (Phi) is 4.43. The van der Waals surface area contributed by atoms with Gasteiger partial charge in [-0.2, -0.15) is 0 Å². The minimum absolute atomic E-state index is 0.0259. The molecule has 0 bridgehead atoms. The smallest absolute Gasteiger partial charge is 0.238 e. The van der Waals surface area contributed by atoms with Gasteiger partial charge in [-0.15, -0.1) is 11.3 Å². The molecule has 0 N–H and O–H groups in total. The van der Waals surface area contributed by atoms with Crippen molar-refractivity contribution < 1.29 is 8.78 Å². The molecule has 21 heavy (non-hydrogen) atoms. The van der Waals surface area contributed by atoms with Crippen molar-refractivity contribution in [2.24, 2.45) is 5.92 Å². The van der Waals surface area contributed by atoms with Crippen molar-refractivity contribution in [3.63, 3.8) is 0 Å². The summed E-state index contributed by atoms with van der Waals surface area (Å²) in [5.41, 5.74) is 0.921. The van der Waals surface area contributed by atoms with E-state index in [1.807, 2.05) is 23.6 Å². The van der Waals surface area contributed by atoms with Gasteiger partial charge >= 0.3 is 0 Å². The first kappa shape index (κ1) is 14.4. The largest absolute Gasteiger partial charge is 0.356 e. The van der Waals surface area contributed by atoms with Crippen LogP contribution in [0.2, 0.25) is 0 Å². The van der Waals surface area contributed by atoms with Gasteiger partial charge < -0.3 is 4.90 Å². The Bertz CT molecular complexity index is 566. The third-order valence-corrected chi connectivity index (χ3v) is 4.77. The Morgan fingerprint density at radius 1 is 1.29 bits per heavy atom. The van der Waals surface area contributed by atoms with Crippen LogP contribution in [0.1, 0.15) is 19.3 Å². The fourth-order valence-electron chi connectivity index (χ4n) is 2.73. The Morgan fingerprint density at radius 2 is 2.10 bits per heavy atom. The van der Waals surface area contributed by atoms with Crippen LogP contribution < -0.4 is 4.90 Å². The molecule has 0 amide bonds. The number of alkyl halides is 2. The molecule has 6 heteroatoms. The molecular formula is C15H17F2N3S. The Hall–Kier alpha value is -1.56. The summed E-state index contributed by atoms with van der Waals surface area (Å²) in [7, 11) is 0. The Labute approximate surface area is 126 Å². The van der Waals surface area contributed by atoms with Crippen LogP contribution >= 0.6 is 11.3 Å². The van der Waals surface area contributed by atoms with Gasteiger partial charge in [-0.05, 0) is 30.2 Å². The summed E-state index contributed by atoms with van der Waals surface area (Å²) >= 11 is 1.65. The van der Waals surface area contributed by atoms with Gasteiger partial charge in [-0.3, -0.25) is 0 Å². The van der Waals surface area contributed by atoms with Gasteiger partial charge in [-0.25, -0.2) is 18.7 Å². The van der Waals surface area contributed by atoms with E-state index >= 15 is 0 Å². The van der Waals surface area contributed by atoms with E-state index in [1.54, 1.807) is 17.7 Å². The maximum atomic E-state index is 12.4. The molecule has 0 spiro atoms. The third kappa shape index (κ3) is 3.56. The van der Waals surface area contributed by atoms with Crippen LogP contribution in [-0.4, -0.2) is 29.5 Å².